The van der Waals surface area contributed by atoms with E-state index in [1.807, 2.05) is 67.6 Å². The fraction of sp³-hybridized carbons (Fsp3) is 0.333. The Bertz CT molecular complexity index is 963. The Morgan fingerprint density at radius 3 is 1.79 bits per heavy atom. The van der Waals surface area contributed by atoms with Gasteiger partial charge in [-0.2, -0.15) is 0 Å². The van der Waals surface area contributed by atoms with E-state index in [0.29, 0.717) is 19.0 Å². The van der Waals surface area contributed by atoms with Crippen LogP contribution in [-0.2, 0) is 27.4 Å². The Balaban J connectivity index is 1.48. The monoisotopic (exact) mass is 450 g/mol. The number of aliphatic hydroxyl groups is 1. The highest BCUT2D eigenvalue weighted by atomic mass is 16.7. The maximum atomic E-state index is 11.2. The number of hydrogen-bond acceptors (Lipinski definition) is 6. The molecule has 0 aliphatic carbocycles. The van der Waals surface area contributed by atoms with Crippen LogP contribution in [0.25, 0.3) is 0 Å². The van der Waals surface area contributed by atoms with Gasteiger partial charge in [-0.1, -0.05) is 60.7 Å². The first-order valence-electron chi connectivity index (χ1n) is 11.1. The zero-order chi connectivity index (χ0) is 23.0. The van der Waals surface area contributed by atoms with Crippen molar-refractivity contribution in [3.8, 4) is 11.5 Å². The highest BCUT2D eigenvalue weighted by Gasteiger charge is 2.46. The van der Waals surface area contributed by atoms with Crippen molar-refractivity contribution >= 4 is 0 Å². The summed E-state index contributed by atoms with van der Waals surface area (Å²) < 4.78 is 29.6. The van der Waals surface area contributed by atoms with Crippen molar-refractivity contribution in [2.45, 2.75) is 50.8 Å². The van der Waals surface area contributed by atoms with Gasteiger partial charge in [0.15, 0.2) is 0 Å². The van der Waals surface area contributed by atoms with Gasteiger partial charge in [-0.05, 0) is 42.3 Å². The summed E-state index contributed by atoms with van der Waals surface area (Å²) in [4.78, 5) is 0. The molecule has 1 heterocycles. The fourth-order valence-corrected chi connectivity index (χ4v) is 3.83. The Labute approximate surface area is 194 Å². The lowest BCUT2D eigenvalue weighted by atomic mass is 9.99. The number of ether oxygens (including phenoxy) is 5. The van der Waals surface area contributed by atoms with Gasteiger partial charge in [-0.15, -0.1) is 0 Å². The van der Waals surface area contributed by atoms with Crippen LogP contribution in [0.4, 0.5) is 0 Å². The van der Waals surface area contributed by atoms with E-state index in [1.54, 1.807) is 31.4 Å². The van der Waals surface area contributed by atoms with Crippen LogP contribution in [0, 0.1) is 0 Å². The molecule has 0 radical (unpaired) electrons. The second-order valence-corrected chi connectivity index (χ2v) is 8.02. The molecular weight excluding hydrogens is 420 g/mol. The molecule has 5 atom stereocenters. The molecule has 0 bridgehead atoms. The summed E-state index contributed by atoms with van der Waals surface area (Å²) in [5.41, 5.74) is 2.05. The van der Waals surface area contributed by atoms with Crippen molar-refractivity contribution in [3.05, 3.63) is 96.1 Å². The van der Waals surface area contributed by atoms with Gasteiger partial charge in [0.25, 0.3) is 0 Å². The zero-order valence-corrected chi connectivity index (χ0v) is 18.9. The van der Waals surface area contributed by atoms with Crippen LogP contribution in [0.15, 0.2) is 84.9 Å². The average molecular weight is 451 g/mol. The predicted molar refractivity (Wildman–Crippen MR) is 124 cm³/mol. The van der Waals surface area contributed by atoms with Gasteiger partial charge in [0.05, 0.1) is 26.4 Å². The molecular formula is C27H30O6. The highest BCUT2D eigenvalue weighted by Crippen LogP contribution is 2.30. The van der Waals surface area contributed by atoms with E-state index in [-0.39, 0.29) is 6.10 Å². The van der Waals surface area contributed by atoms with Crippen LogP contribution in [0.2, 0.25) is 0 Å². The lowest BCUT2D eigenvalue weighted by molar-refractivity contribution is -0.289. The van der Waals surface area contributed by atoms with Crippen LogP contribution in [0.5, 0.6) is 11.5 Å². The summed E-state index contributed by atoms with van der Waals surface area (Å²) >= 11 is 0. The molecule has 0 unspecified atom stereocenters. The third-order valence-corrected chi connectivity index (χ3v) is 5.63. The Morgan fingerprint density at radius 1 is 0.727 bits per heavy atom. The molecule has 6 heteroatoms. The van der Waals surface area contributed by atoms with Gasteiger partial charge >= 0.3 is 0 Å². The minimum absolute atomic E-state index is 0.343. The number of aliphatic hydroxyl groups excluding tert-OH is 1. The van der Waals surface area contributed by atoms with Gasteiger partial charge in [-0.25, -0.2) is 0 Å². The maximum absolute atomic E-state index is 11.2. The molecule has 0 amide bonds. The summed E-state index contributed by atoms with van der Waals surface area (Å²) in [6.07, 6.45) is -3.42. The molecule has 0 saturated carbocycles. The van der Waals surface area contributed by atoms with E-state index >= 15 is 0 Å². The molecule has 1 aliphatic rings. The molecule has 0 aromatic heterocycles. The number of benzene rings is 3. The minimum Gasteiger partial charge on any atom is -0.497 e. The van der Waals surface area contributed by atoms with E-state index in [2.05, 4.69) is 0 Å². The van der Waals surface area contributed by atoms with Crippen LogP contribution in [0.3, 0.4) is 0 Å². The standard InChI is InChI=1S/C27H30O6/c1-19-25(30-17-20-9-5-3-6-10-20)26(31-18-21-11-7-4-8-12-21)24(28)27(32-19)33-23-15-13-22(29-2)14-16-23/h3-16,19,24-28H,17-18H2,1-2H3/t19-,24+,25-,26-,27-/m0/s1. The van der Waals surface area contributed by atoms with Gasteiger partial charge in [0, 0.05) is 0 Å². The summed E-state index contributed by atoms with van der Waals surface area (Å²) in [6, 6.07) is 26.9. The third kappa shape index (κ3) is 6.12. The van der Waals surface area contributed by atoms with Crippen LogP contribution in [0.1, 0.15) is 18.1 Å². The Kier molecular flexibility index (Phi) is 7.96. The molecule has 4 rings (SSSR count). The summed E-state index contributed by atoms with van der Waals surface area (Å²) in [7, 11) is 1.61. The molecule has 1 aliphatic heterocycles. The Morgan fingerprint density at radius 2 is 1.24 bits per heavy atom. The summed E-state index contributed by atoms with van der Waals surface area (Å²) in [5, 5.41) is 11.2. The average Bonchev–Trinajstić information content (AvgIpc) is 2.86. The predicted octanol–water partition coefficient (Wildman–Crippen LogP) is 4.35. The van der Waals surface area contributed by atoms with Crippen LogP contribution in [-0.4, -0.2) is 42.9 Å². The number of rotatable bonds is 9. The first-order chi connectivity index (χ1) is 16.1. The topological polar surface area (TPSA) is 66.4 Å². The third-order valence-electron chi connectivity index (χ3n) is 5.63. The molecule has 6 nitrogen and oxygen atoms in total. The van der Waals surface area contributed by atoms with Gasteiger partial charge in [0.1, 0.15) is 29.8 Å². The van der Waals surface area contributed by atoms with E-state index in [1.165, 1.54) is 0 Å². The molecule has 1 N–H and O–H groups in total. The first-order valence-corrected chi connectivity index (χ1v) is 11.1. The lowest BCUT2D eigenvalue weighted by Crippen LogP contribution is -2.60. The van der Waals surface area contributed by atoms with Crippen LogP contribution < -0.4 is 9.47 Å². The number of methoxy groups -OCH3 is 1. The normalized spacial score (nSPS) is 24.9. The molecule has 1 fully saturated rings. The first kappa shape index (κ1) is 23.3. The van der Waals surface area contributed by atoms with Gasteiger partial charge < -0.3 is 28.8 Å². The second kappa shape index (κ2) is 11.3. The lowest BCUT2D eigenvalue weighted by Gasteiger charge is -2.43. The van der Waals surface area contributed by atoms with Crippen molar-refractivity contribution < 1.29 is 28.8 Å². The molecule has 3 aromatic carbocycles. The zero-order valence-electron chi connectivity index (χ0n) is 18.9. The molecule has 174 valence electrons. The molecule has 1 saturated heterocycles. The quantitative estimate of drug-likeness (QED) is 0.523. The van der Waals surface area contributed by atoms with Gasteiger partial charge in [-0.3, -0.25) is 0 Å². The van der Waals surface area contributed by atoms with E-state index < -0.39 is 24.6 Å². The van der Waals surface area contributed by atoms with E-state index in [4.69, 9.17) is 23.7 Å². The van der Waals surface area contributed by atoms with E-state index in [0.717, 1.165) is 16.9 Å². The summed E-state index contributed by atoms with van der Waals surface area (Å²) in [6.45, 7) is 2.64. The molecule has 33 heavy (non-hydrogen) atoms. The number of hydrogen-bond donors (Lipinski definition) is 1. The van der Waals surface area contributed by atoms with E-state index in [9.17, 15) is 5.11 Å². The fourth-order valence-electron chi connectivity index (χ4n) is 3.83. The van der Waals surface area contributed by atoms with Crippen molar-refractivity contribution in [2.24, 2.45) is 0 Å². The van der Waals surface area contributed by atoms with Crippen LogP contribution >= 0.6 is 0 Å². The maximum Gasteiger partial charge on any atom is 0.229 e. The second-order valence-electron chi connectivity index (χ2n) is 8.02. The Hall–Kier alpha value is -2.90. The van der Waals surface area contributed by atoms with Crippen molar-refractivity contribution in [1.29, 1.82) is 0 Å². The van der Waals surface area contributed by atoms with Gasteiger partial charge in [0.2, 0.25) is 6.29 Å². The molecule has 0 spiro atoms. The molecule has 3 aromatic rings. The highest BCUT2D eigenvalue weighted by molar-refractivity contribution is 5.31. The largest absolute Gasteiger partial charge is 0.497 e. The van der Waals surface area contributed by atoms with Crippen molar-refractivity contribution in [2.75, 3.05) is 7.11 Å². The van der Waals surface area contributed by atoms with Crippen molar-refractivity contribution in [3.63, 3.8) is 0 Å². The summed E-state index contributed by atoms with van der Waals surface area (Å²) in [5.74, 6) is 1.29. The SMILES string of the molecule is COc1ccc(O[C@@H]2O[C@@H](C)[C@H](OCc3ccccc3)[C@@H](OCc3ccccc3)[C@H]2O)cc1. The minimum atomic E-state index is -1.05. The van der Waals surface area contributed by atoms with Crippen molar-refractivity contribution in [1.82, 2.24) is 0 Å². The smallest absolute Gasteiger partial charge is 0.229 e.